The van der Waals surface area contributed by atoms with E-state index in [1.54, 1.807) is 0 Å². The molecule has 1 aromatic carbocycles. The van der Waals surface area contributed by atoms with E-state index in [0.717, 1.165) is 0 Å². The molecule has 0 aliphatic rings. The predicted molar refractivity (Wildman–Crippen MR) is 55.2 cm³/mol. The molecule has 0 heterocycles. The first kappa shape index (κ1) is 17.7. The second-order valence-corrected chi connectivity index (χ2v) is 3.84. The van der Waals surface area contributed by atoms with Crippen LogP contribution in [0.2, 0.25) is 0 Å². The Morgan fingerprint density at radius 1 is 1.35 bits per heavy atom. The van der Waals surface area contributed by atoms with Crippen LogP contribution in [-0.2, 0) is 16.6 Å². The monoisotopic (exact) mass is 315 g/mol. The van der Waals surface area contributed by atoms with E-state index in [0.29, 0.717) is 18.2 Å². The van der Waals surface area contributed by atoms with Gasteiger partial charge in [0.15, 0.2) is 4.98 Å². The number of nitro groups is 1. The second-order valence-electron chi connectivity index (χ2n) is 2.99. The molecule has 0 saturated carbocycles. The van der Waals surface area contributed by atoms with Crippen LogP contribution >= 0.6 is 0 Å². The fourth-order valence-corrected chi connectivity index (χ4v) is 0.934. The summed E-state index contributed by atoms with van der Waals surface area (Å²) in [5.74, 6) is 0. The third-order valence-electron chi connectivity index (χ3n) is 1.61. The van der Waals surface area contributed by atoms with Gasteiger partial charge in [0.1, 0.15) is 0 Å². The molecule has 20 heavy (non-hydrogen) atoms. The molecule has 13 heteroatoms. The fourth-order valence-electron chi connectivity index (χ4n) is 0.934. The number of halogens is 3. The van der Waals surface area contributed by atoms with Crippen molar-refractivity contribution in [2.24, 2.45) is 0 Å². The van der Waals surface area contributed by atoms with Crippen LogP contribution in [0.15, 0.2) is 18.2 Å². The van der Waals surface area contributed by atoms with E-state index in [2.05, 4.69) is 4.98 Å². The molecule has 0 aliphatic carbocycles. The van der Waals surface area contributed by atoms with Crippen molar-refractivity contribution in [1.82, 2.24) is 0 Å². The molecule has 0 atom stereocenters. The highest BCUT2D eigenvalue weighted by Gasteiger charge is 2.35. The SMILES string of the molecule is N#[N+]c1cc(C(F)(F)F)ccc1[N+](=O)[O-].O=S(=O)([O-])O. The van der Waals surface area contributed by atoms with E-state index in [4.69, 9.17) is 22.9 Å². The maximum atomic E-state index is 12.1. The lowest BCUT2D eigenvalue weighted by Crippen LogP contribution is -2.04. The summed E-state index contributed by atoms with van der Waals surface area (Å²) in [5.41, 5.74) is -2.53. The van der Waals surface area contributed by atoms with Gasteiger partial charge in [-0.05, 0) is 6.07 Å². The fraction of sp³-hybridized carbons (Fsp3) is 0.143. The number of nitrogens with zero attached hydrogens (tertiary/aromatic N) is 3. The van der Waals surface area contributed by atoms with E-state index < -0.39 is 38.4 Å². The third-order valence-corrected chi connectivity index (χ3v) is 1.61. The summed E-state index contributed by atoms with van der Waals surface area (Å²) in [6, 6.07) is 1.59. The van der Waals surface area contributed by atoms with E-state index >= 15 is 0 Å². The Bertz CT molecular complexity index is 643. The lowest BCUT2D eigenvalue weighted by Gasteiger charge is -2.03. The third kappa shape index (κ3) is 6.58. The van der Waals surface area contributed by atoms with Crippen LogP contribution in [0.25, 0.3) is 4.98 Å². The van der Waals surface area contributed by atoms with Gasteiger partial charge in [0.25, 0.3) is 0 Å². The number of hydrogen-bond donors (Lipinski definition) is 1. The summed E-state index contributed by atoms with van der Waals surface area (Å²) in [6.07, 6.45) is -4.63. The van der Waals surface area contributed by atoms with Crippen LogP contribution in [0.4, 0.5) is 24.5 Å². The summed E-state index contributed by atoms with van der Waals surface area (Å²) in [5, 5.41) is 18.6. The number of alkyl halides is 3. The van der Waals surface area contributed by atoms with Gasteiger partial charge >= 0.3 is 17.6 Å². The van der Waals surface area contributed by atoms with Crippen molar-refractivity contribution in [2.45, 2.75) is 6.18 Å². The Morgan fingerprint density at radius 2 is 1.80 bits per heavy atom. The molecule has 0 spiro atoms. The summed E-state index contributed by atoms with van der Waals surface area (Å²) in [6.45, 7) is 0. The van der Waals surface area contributed by atoms with Crippen molar-refractivity contribution in [1.29, 1.82) is 5.39 Å². The molecule has 1 N–H and O–H groups in total. The maximum Gasteiger partial charge on any atom is 0.461 e. The predicted octanol–water partition coefficient (Wildman–Crippen LogP) is 2.10. The quantitative estimate of drug-likeness (QED) is 0.274. The Morgan fingerprint density at radius 3 is 2.10 bits per heavy atom. The van der Waals surface area contributed by atoms with Crippen molar-refractivity contribution in [3.8, 4) is 0 Å². The van der Waals surface area contributed by atoms with Gasteiger partial charge in [-0.25, -0.2) is 8.42 Å². The van der Waals surface area contributed by atoms with Crippen LogP contribution in [0.3, 0.4) is 0 Å². The first-order valence-electron chi connectivity index (χ1n) is 4.25. The summed E-state index contributed by atoms with van der Waals surface area (Å²) in [4.78, 5) is 11.8. The molecule has 1 aromatic rings. The number of benzene rings is 1. The van der Waals surface area contributed by atoms with Gasteiger partial charge in [0.2, 0.25) is 15.8 Å². The zero-order valence-corrected chi connectivity index (χ0v) is 9.92. The molecular weight excluding hydrogens is 311 g/mol. The lowest BCUT2D eigenvalue weighted by atomic mass is 10.1. The Kier molecular flexibility index (Phi) is 5.52. The smallest absolute Gasteiger partial charge is 0.461 e. The molecule has 0 aromatic heterocycles. The summed E-state index contributed by atoms with van der Waals surface area (Å²) in [7, 11) is -4.92. The number of hydrogen-bond acceptors (Lipinski definition) is 6. The zero-order chi connectivity index (χ0) is 16.1. The average Bonchev–Trinajstić information content (AvgIpc) is 2.24. The van der Waals surface area contributed by atoms with Gasteiger partial charge < -0.3 is 4.55 Å². The van der Waals surface area contributed by atoms with Gasteiger partial charge in [0.05, 0.1) is 16.6 Å². The normalized spacial score (nSPS) is 11.0. The second kappa shape index (κ2) is 6.23. The van der Waals surface area contributed by atoms with Crippen LogP contribution in [0.5, 0.6) is 0 Å². The topological polar surface area (TPSA) is 149 Å². The van der Waals surface area contributed by atoms with E-state index in [-0.39, 0.29) is 0 Å². The largest absolute Gasteiger partial charge is 0.726 e. The van der Waals surface area contributed by atoms with Crippen LogP contribution < -0.4 is 0 Å². The molecule has 0 fully saturated rings. The highest BCUT2D eigenvalue weighted by Crippen LogP contribution is 2.35. The Hall–Kier alpha value is -2.30. The Balaban J connectivity index is 0.000000621. The Labute approximate surface area is 109 Å². The maximum absolute atomic E-state index is 12.1. The van der Waals surface area contributed by atoms with Crippen molar-refractivity contribution in [3.63, 3.8) is 0 Å². The van der Waals surface area contributed by atoms with Gasteiger partial charge in [-0.3, -0.25) is 14.7 Å². The molecule has 0 bridgehead atoms. The van der Waals surface area contributed by atoms with Crippen LogP contribution in [0, 0.1) is 15.5 Å². The van der Waals surface area contributed by atoms with Crippen molar-refractivity contribution < 1.29 is 35.6 Å². The van der Waals surface area contributed by atoms with Gasteiger partial charge in [0, 0.05) is 6.07 Å². The van der Waals surface area contributed by atoms with E-state index in [9.17, 15) is 23.3 Å². The summed E-state index contributed by atoms with van der Waals surface area (Å²) < 4.78 is 69.3. The van der Waals surface area contributed by atoms with Crippen molar-refractivity contribution >= 4 is 21.8 Å². The molecule has 1 rings (SSSR count). The summed E-state index contributed by atoms with van der Waals surface area (Å²) >= 11 is 0. The van der Waals surface area contributed by atoms with Crippen molar-refractivity contribution in [2.75, 3.05) is 0 Å². The number of rotatable bonds is 1. The first-order valence-corrected chi connectivity index (χ1v) is 5.62. The highest BCUT2D eigenvalue weighted by molar-refractivity contribution is 7.79. The van der Waals surface area contributed by atoms with E-state index in [1.165, 1.54) is 0 Å². The van der Waals surface area contributed by atoms with E-state index in [1.807, 2.05) is 0 Å². The molecule has 0 radical (unpaired) electrons. The molecule has 0 amide bonds. The molecule has 110 valence electrons. The minimum Gasteiger partial charge on any atom is -0.726 e. The highest BCUT2D eigenvalue weighted by atomic mass is 32.3. The van der Waals surface area contributed by atoms with Gasteiger partial charge in [-0.15, -0.1) is 0 Å². The minimum atomic E-state index is -4.92. The molecular formula is C7H4F3N3O6S. The minimum absolute atomic E-state index is 0.401. The number of nitro benzene ring substituents is 1. The standard InChI is InChI=1S/C7H3F3N3O2.H2O4S/c8-7(9,10)4-1-2-6(13(14)15)5(3-4)12-11;1-5(2,3)4/h1-3H;(H2,1,2,3,4)/q+1;/p-1. The van der Waals surface area contributed by atoms with Crippen LogP contribution in [-0.4, -0.2) is 22.4 Å². The molecule has 9 nitrogen and oxygen atoms in total. The van der Waals surface area contributed by atoms with Gasteiger partial charge in [-0.2, -0.15) is 13.2 Å². The lowest BCUT2D eigenvalue weighted by molar-refractivity contribution is -0.383. The zero-order valence-electron chi connectivity index (χ0n) is 9.10. The van der Waals surface area contributed by atoms with Crippen molar-refractivity contribution in [3.05, 3.63) is 38.9 Å². The first-order chi connectivity index (χ1) is 8.86. The average molecular weight is 315 g/mol. The number of diazo groups is 1. The molecule has 0 saturated heterocycles. The van der Waals surface area contributed by atoms with Gasteiger partial charge in [-0.1, -0.05) is 0 Å². The van der Waals surface area contributed by atoms with Crippen LogP contribution in [0.1, 0.15) is 5.56 Å². The molecule has 0 unspecified atom stereocenters. The molecule has 0 aliphatic heterocycles.